The third-order valence-corrected chi connectivity index (χ3v) is 5.75. The Morgan fingerprint density at radius 2 is 1.73 bits per heavy atom. The summed E-state index contributed by atoms with van der Waals surface area (Å²) in [6.07, 6.45) is 0.0891. The van der Waals surface area contributed by atoms with Crippen molar-refractivity contribution in [1.82, 2.24) is 4.57 Å². The van der Waals surface area contributed by atoms with E-state index in [-0.39, 0.29) is 32.5 Å². The average molecular weight is 428 g/mol. The molecule has 2 aromatic carbocycles. The second kappa shape index (κ2) is 7.38. The Balaban J connectivity index is 1.51. The number of benzene rings is 2. The molecule has 154 valence electrons. The second-order valence-electron chi connectivity index (χ2n) is 6.59. The van der Waals surface area contributed by atoms with E-state index in [1.807, 2.05) is 6.07 Å². The smallest absolute Gasteiger partial charge is 0.325 e. The van der Waals surface area contributed by atoms with Gasteiger partial charge >= 0.3 is 5.97 Å². The Morgan fingerprint density at radius 3 is 2.50 bits per heavy atom. The number of nitrogens with zero attached hydrogens (tertiary/aromatic N) is 2. The number of esters is 1. The van der Waals surface area contributed by atoms with E-state index >= 15 is 0 Å². The molecule has 3 heterocycles. The summed E-state index contributed by atoms with van der Waals surface area (Å²) in [4.78, 5) is 29.3. The molecule has 0 radical (unpaired) electrons. The van der Waals surface area contributed by atoms with Crippen LogP contribution in [0.25, 0.3) is 10.2 Å². The summed E-state index contributed by atoms with van der Waals surface area (Å²) in [5.41, 5.74) is 1.47. The molecule has 0 unspecified atom stereocenters. The number of aromatic nitrogens is 1. The monoisotopic (exact) mass is 428 g/mol. The first-order valence-electron chi connectivity index (χ1n) is 9.06. The SMILES string of the molecule is COC(=O)Cn1c(=NC(=O)Cc2ccc3c(c2)OCO3)sc2cc3c(cc21)OCO3. The predicted octanol–water partition coefficient (Wildman–Crippen LogP) is 2.00. The van der Waals surface area contributed by atoms with E-state index in [0.717, 1.165) is 10.3 Å². The number of hydrogen-bond donors (Lipinski definition) is 0. The molecule has 3 aromatic rings. The number of carbonyl (C=O) groups excluding carboxylic acids is 2. The number of hydrogen-bond acceptors (Lipinski definition) is 8. The summed E-state index contributed by atoms with van der Waals surface area (Å²) >= 11 is 1.29. The van der Waals surface area contributed by atoms with Crippen LogP contribution in [0, 0.1) is 0 Å². The standard InChI is InChI=1S/C20H16N2O7S/c1-25-19(24)8-22-12-6-15-16(29-10-28-15)7-17(12)30-20(22)21-18(23)5-11-2-3-13-14(4-11)27-9-26-13/h2-4,6-7H,5,8-10H2,1H3. The maximum absolute atomic E-state index is 12.7. The third-order valence-electron chi connectivity index (χ3n) is 4.70. The maximum Gasteiger partial charge on any atom is 0.325 e. The fourth-order valence-electron chi connectivity index (χ4n) is 3.26. The summed E-state index contributed by atoms with van der Waals surface area (Å²) < 4.78 is 28.8. The predicted molar refractivity (Wildman–Crippen MR) is 105 cm³/mol. The van der Waals surface area contributed by atoms with Crippen molar-refractivity contribution >= 4 is 33.4 Å². The van der Waals surface area contributed by atoms with Crippen molar-refractivity contribution in [2.24, 2.45) is 4.99 Å². The molecule has 5 rings (SSSR count). The van der Waals surface area contributed by atoms with Gasteiger partial charge in [-0.3, -0.25) is 9.59 Å². The summed E-state index contributed by atoms with van der Waals surface area (Å²) in [7, 11) is 1.31. The fraction of sp³-hybridized carbons (Fsp3) is 0.250. The molecule has 0 bridgehead atoms. The molecular weight excluding hydrogens is 412 g/mol. The van der Waals surface area contributed by atoms with Crippen LogP contribution in [0.4, 0.5) is 0 Å². The van der Waals surface area contributed by atoms with Gasteiger partial charge in [0, 0.05) is 12.1 Å². The van der Waals surface area contributed by atoms with Gasteiger partial charge in [0.1, 0.15) is 6.54 Å². The molecule has 1 amide bonds. The zero-order valence-corrected chi connectivity index (χ0v) is 16.7. The van der Waals surface area contributed by atoms with Gasteiger partial charge < -0.3 is 28.3 Å². The summed E-state index contributed by atoms with van der Waals surface area (Å²) in [5, 5.41) is 0. The molecule has 9 nitrogen and oxygen atoms in total. The van der Waals surface area contributed by atoms with Crippen LogP contribution in [-0.4, -0.2) is 37.1 Å². The zero-order valence-electron chi connectivity index (χ0n) is 15.9. The number of fused-ring (bicyclic) bond motifs is 3. The molecule has 0 spiro atoms. The number of thiazole rings is 1. The highest BCUT2D eigenvalue weighted by Crippen LogP contribution is 2.37. The Labute approximate surface area is 174 Å². The van der Waals surface area contributed by atoms with E-state index < -0.39 is 5.97 Å². The number of rotatable bonds is 4. The highest BCUT2D eigenvalue weighted by atomic mass is 32.1. The topological polar surface area (TPSA) is 97.6 Å². The Hall–Kier alpha value is -3.53. The average Bonchev–Trinajstić information content (AvgIpc) is 3.45. The minimum absolute atomic E-state index is 0.0771. The summed E-state index contributed by atoms with van der Waals surface area (Å²) in [6, 6.07) is 8.93. The Morgan fingerprint density at radius 1 is 1.03 bits per heavy atom. The van der Waals surface area contributed by atoms with Gasteiger partial charge in [-0.25, -0.2) is 0 Å². The van der Waals surface area contributed by atoms with Crippen molar-refractivity contribution in [3.63, 3.8) is 0 Å². The van der Waals surface area contributed by atoms with Crippen LogP contribution in [0.3, 0.4) is 0 Å². The number of amides is 1. The lowest BCUT2D eigenvalue weighted by Gasteiger charge is -2.04. The van der Waals surface area contributed by atoms with Gasteiger partial charge in [0.05, 0.1) is 23.7 Å². The molecule has 30 heavy (non-hydrogen) atoms. The van der Waals surface area contributed by atoms with E-state index in [0.29, 0.717) is 33.3 Å². The zero-order chi connectivity index (χ0) is 20.7. The molecule has 0 fully saturated rings. The van der Waals surface area contributed by atoms with Crippen LogP contribution in [0.2, 0.25) is 0 Å². The third kappa shape index (κ3) is 3.35. The van der Waals surface area contributed by atoms with Gasteiger partial charge in [0.2, 0.25) is 13.6 Å². The first-order valence-corrected chi connectivity index (χ1v) is 9.88. The van der Waals surface area contributed by atoms with Crippen molar-refractivity contribution in [3.8, 4) is 23.0 Å². The van der Waals surface area contributed by atoms with E-state index in [2.05, 4.69) is 4.99 Å². The first kappa shape index (κ1) is 18.5. The Kier molecular flexibility index (Phi) is 4.55. The maximum atomic E-state index is 12.7. The van der Waals surface area contributed by atoms with E-state index in [1.165, 1.54) is 18.4 Å². The molecule has 0 aliphatic carbocycles. The quantitative estimate of drug-likeness (QED) is 0.586. The minimum atomic E-state index is -0.447. The highest BCUT2D eigenvalue weighted by molar-refractivity contribution is 7.16. The lowest BCUT2D eigenvalue weighted by atomic mass is 10.1. The van der Waals surface area contributed by atoms with Crippen LogP contribution in [0.5, 0.6) is 23.0 Å². The lowest BCUT2D eigenvalue weighted by Crippen LogP contribution is -2.22. The normalized spacial score (nSPS) is 14.4. The van der Waals surface area contributed by atoms with Crippen LogP contribution < -0.4 is 23.7 Å². The van der Waals surface area contributed by atoms with Crippen molar-refractivity contribution < 1.29 is 33.3 Å². The van der Waals surface area contributed by atoms with Gasteiger partial charge in [0.25, 0.3) is 5.91 Å². The van der Waals surface area contributed by atoms with Crippen LogP contribution in [0.1, 0.15) is 5.56 Å². The molecule has 1 aromatic heterocycles. The number of methoxy groups -OCH3 is 1. The van der Waals surface area contributed by atoms with Crippen molar-refractivity contribution in [3.05, 3.63) is 40.7 Å². The van der Waals surface area contributed by atoms with E-state index in [4.69, 9.17) is 23.7 Å². The molecule has 10 heteroatoms. The van der Waals surface area contributed by atoms with Gasteiger partial charge in [-0.2, -0.15) is 4.99 Å². The molecule has 0 saturated carbocycles. The van der Waals surface area contributed by atoms with Crippen LogP contribution in [-0.2, 0) is 27.3 Å². The molecule has 0 atom stereocenters. The second-order valence-corrected chi connectivity index (χ2v) is 7.60. The van der Waals surface area contributed by atoms with Gasteiger partial charge in [0.15, 0.2) is 27.8 Å². The number of ether oxygens (including phenoxy) is 5. The highest BCUT2D eigenvalue weighted by Gasteiger charge is 2.20. The largest absolute Gasteiger partial charge is 0.468 e. The van der Waals surface area contributed by atoms with E-state index in [9.17, 15) is 9.59 Å². The van der Waals surface area contributed by atoms with Crippen molar-refractivity contribution in [2.75, 3.05) is 20.7 Å². The molecule has 0 N–H and O–H groups in total. The van der Waals surface area contributed by atoms with Crippen molar-refractivity contribution in [2.45, 2.75) is 13.0 Å². The summed E-state index contributed by atoms with van der Waals surface area (Å²) in [5.74, 6) is 1.67. The van der Waals surface area contributed by atoms with Crippen LogP contribution >= 0.6 is 11.3 Å². The van der Waals surface area contributed by atoms with Gasteiger partial charge in [-0.05, 0) is 17.7 Å². The van der Waals surface area contributed by atoms with Gasteiger partial charge in [-0.15, -0.1) is 0 Å². The fourth-order valence-corrected chi connectivity index (χ4v) is 4.32. The lowest BCUT2D eigenvalue weighted by molar-refractivity contribution is -0.141. The summed E-state index contributed by atoms with van der Waals surface area (Å²) in [6.45, 7) is 0.241. The molecule has 2 aliphatic heterocycles. The van der Waals surface area contributed by atoms with E-state index in [1.54, 1.807) is 28.8 Å². The number of carbonyl (C=O) groups is 2. The minimum Gasteiger partial charge on any atom is -0.468 e. The Bertz CT molecular complexity index is 1240. The first-order chi connectivity index (χ1) is 14.6. The molecule has 0 saturated heterocycles. The molecular formula is C20H16N2O7S. The molecule has 2 aliphatic rings. The van der Waals surface area contributed by atoms with Crippen LogP contribution in [0.15, 0.2) is 35.3 Å². The van der Waals surface area contributed by atoms with Gasteiger partial charge in [-0.1, -0.05) is 17.4 Å². The van der Waals surface area contributed by atoms with Crippen molar-refractivity contribution in [1.29, 1.82) is 0 Å².